The number of hydroxylamine groups is 1. The summed E-state index contributed by atoms with van der Waals surface area (Å²) in [4.78, 5) is 16.5. The third kappa shape index (κ3) is 1.62. The molecule has 0 saturated carbocycles. The van der Waals surface area contributed by atoms with Crippen LogP contribution in [0.3, 0.4) is 0 Å². The minimum absolute atomic E-state index is 0.0319. The highest BCUT2D eigenvalue weighted by Gasteiger charge is 2.23. The molecule has 1 heterocycles. The fourth-order valence-corrected chi connectivity index (χ4v) is 1.40. The minimum Gasteiger partial charge on any atom is -0.392 e. The fourth-order valence-electron chi connectivity index (χ4n) is 1.40. The molecule has 1 aromatic carbocycles. The van der Waals surface area contributed by atoms with Crippen molar-refractivity contribution in [3.05, 3.63) is 29.8 Å². The maximum absolute atomic E-state index is 11.3. The number of aliphatic hydroxyl groups excluding tert-OH is 1. The lowest BCUT2D eigenvalue weighted by Gasteiger charge is -2.14. The Morgan fingerprint density at radius 3 is 3.00 bits per heavy atom. The van der Waals surface area contributed by atoms with Crippen LogP contribution in [0.15, 0.2) is 24.3 Å². The molecule has 1 fully saturated rings. The molecule has 74 valence electrons. The van der Waals surface area contributed by atoms with Crippen LogP contribution in [0.4, 0.5) is 5.69 Å². The van der Waals surface area contributed by atoms with Crippen molar-refractivity contribution < 1.29 is 14.7 Å². The third-order valence-corrected chi connectivity index (χ3v) is 2.09. The van der Waals surface area contributed by atoms with E-state index < -0.39 is 0 Å². The summed E-state index contributed by atoms with van der Waals surface area (Å²) in [7, 11) is 0. The van der Waals surface area contributed by atoms with Crippen molar-refractivity contribution in [3.63, 3.8) is 0 Å². The first-order valence-electron chi connectivity index (χ1n) is 4.47. The van der Waals surface area contributed by atoms with E-state index in [2.05, 4.69) is 0 Å². The van der Waals surface area contributed by atoms with Gasteiger partial charge in [0.05, 0.1) is 25.3 Å². The summed E-state index contributed by atoms with van der Waals surface area (Å²) in [6.45, 7) is 0.401. The molecule has 0 atom stereocenters. The highest BCUT2D eigenvalue weighted by molar-refractivity contribution is 5.92. The van der Waals surface area contributed by atoms with E-state index in [9.17, 15) is 4.79 Å². The molecule has 14 heavy (non-hydrogen) atoms. The predicted molar refractivity (Wildman–Crippen MR) is 50.4 cm³/mol. The van der Waals surface area contributed by atoms with Crippen LogP contribution in [-0.2, 0) is 16.2 Å². The number of carbonyl (C=O) groups is 1. The highest BCUT2D eigenvalue weighted by Crippen LogP contribution is 2.21. The molecular formula is C10H11NO3. The van der Waals surface area contributed by atoms with Crippen molar-refractivity contribution in [1.82, 2.24) is 0 Å². The number of hydrogen-bond donors (Lipinski definition) is 1. The van der Waals surface area contributed by atoms with Gasteiger partial charge >= 0.3 is 0 Å². The Morgan fingerprint density at radius 1 is 1.50 bits per heavy atom. The van der Waals surface area contributed by atoms with Crippen LogP contribution >= 0.6 is 0 Å². The van der Waals surface area contributed by atoms with Gasteiger partial charge in [-0.3, -0.25) is 9.63 Å². The molecule has 4 heteroatoms. The molecule has 1 amide bonds. The Balaban J connectivity index is 2.26. The summed E-state index contributed by atoms with van der Waals surface area (Å²) in [5.74, 6) is -0.0416. The number of rotatable bonds is 2. The van der Waals surface area contributed by atoms with Crippen LogP contribution in [0.1, 0.15) is 12.0 Å². The zero-order valence-corrected chi connectivity index (χ0v) is 7.64. The summed E-state index contributed by atoms with van der Waals surface area (Å²) >= 11 is 0. The Labute approximate surface area is 81.7 Å². The highest BCUT2D eigenvalue weighted by atomic mass is 16.7. The van der Waals surface area contributed by atoms with E-state index in [4.69, 9.17) is 9.94 Å². The van der Waals surface area contributed by atoms with Gasteiger partial charge in [-0.25, -0.2) is 0 Å². The van der Waals surface area contributed by atoms with E-state index in [1.807, 2.05) is 0 Å². The van der Waals surface area contributed by atoms with Crippen LogP contribution in [0, 0.1) is 0 Å². The van der Waals surface area contributed by atoms with E-state index in [1.54, 1.807) is 24.3 Å². The molecule has 1 N–H and O–H groups in total. The van der Waals surface area contributed by atoms with Crippen LogP contribution in [-0.4, -0.2) is 17.6 Å². The molecule has 4 nitrogen and oxygen atoms in total. The average molecular weight is 193 g/mol. The summed E-state index contributed by atoms with van der Waals surface area (Å²) in [6.07, 6.45) is 0.420. The Bertz CT molecular complexity index is 351. The first-order chi connectivity index (χ1) is 6.81. The lowest BCUT2D eigenvalue weighted by atomic mass is 10.2. The molecular weight excluding hydrogens is 182 g/mol. The second-order valence-corrected chi connectivity index (χ2v) is 3.10. The molecule has 1 saturated heterocycles. The van der Waals surface area contributed by atoms with E-state index in [1.165, 1.54) is 5.06 Å². The number of benzene rings is 1. The molecule has 1 aliphatic rings. The van der Waals surface area contributed by atoms with Gasteiger partial charge in [0.1, 0.15) is 0 Å². The topological polar surface area (TPSA) is 49.8 Å². The molecule has 0 spiro atoms. The number of nitrogens with zero attached hydrogens (tertiary/aromatic N) is 1. The molecule has 0 radical (unpaired) electrons. The molecule has 1 aliphatic heterocycles. The van der Waals surface area contributed by atoms with Crippen molar-refractivity contribution in [1.29, 1.82) is 0 Å². The average Bonchev–Trinajstić information content (AvgIpc) is 2.65. The number of hydrogen-bond acceptors (Lipinski definition) is 3. The first kappa shape index (κ1) is 9.18. The van der Waals surface area contributed by atoms with Gasteiger partial charge in [-0.2, -0.15) is 5.06 Å². The Kier molecular flexibility index (Phi) is 2.47. The van der Waals surface area contributed by atoms with E-state index in [0.717, 1.165) is 5.56 Å². The second kappa shape index (κ2) is 3.77. The molecule has 0 aromatic heterocycles. The maximum atomic E-state index is 11.3. The van der Waals surface area contributed by atoms with Crippen molar-refractivity contribution in [2.45, 2.75) is 13.0 Å². The summed E-state index contributed by atoms with van der Waals surface area (Å²) in [6, 6.07) is 7.10. The van der Waals surface area contributed by atoms with Gasteiger partial charge in [-0.15, -0.1) is 0 Å². The second-order valence-electron chi connectivity index (χ2n) is 3.10. The maximum Gasteiger partial charge on any atom is 0.253 e. The Hall–Kier alpha value is -1.39. The normalized spacial score (nSPS) is 16.4. The number of aliphatic hydroxyl groups is 1. The standard InChI is InChI=1S/C10H11NO3/c12-7-8-2-1-3-9(6-8)11-10(13)4-5-14-11/h1-3,6,12H,4-5,7H2. The van der Waals surface area contributed by atoms with Gasteiger partial charge < -0.3 is 5.11 Å². The summed E-state index contributed by atoms with van der Waals surface area (Å²) in [5.41, 5.74) is 1.45. The van der Waals surface area contributed by atoms with E-state index >= 15 is 0 Å². The van der Waals surface area contributed by atoms with Gasteiger partial charge in [0, 0.05) is 0 Å². The predicted octanol–water partition coefficient (Wildman–Crippen LogP) is 0.847. The zero-order chi connectivity index (χ0) is 9.97. The third-order valence-electron chi connectivity index (χ3n) is 2.09. The first-order valence-corrected chi connectivity index (χ1v) is 4.47. The van der Waals surface area contributed by atoms with E-state index in [0.29, 0.717) is 18.7 Å². The van der Waals surface area contributed by atoms with Crippen molar-refractivity contribution in [2.24, 2.45) is 0 Å². The smallest absolute Gasteiger partial charge is 0.253 e. The number of carbonyl (C=O) groups excluding carboxylic acids is 1. The van der Waals surface area contributed by atoms with Gasteiger partial charge in [0.15, 0.2) is 0 Å². The van der Waals surface area contributed by atoms with Gasteiger partial charge in [-0.05, 0) is 17.7 Å². The van der Waals surface area contributed by atoms with Crippen molar-refractivity contribution in [2.75, 3.05) is 11.7 Å². The fraction of sp³-hybridized carbons (Fsp3) is 0.300. The molecule has 1 aromatic rings. The quantitative estimate of drug-likeness (QED) is 0.757. The summed E-state index contributed by atoms with van der Waals surface area (Å²) in [5, 5.41) is 10.2. The van der Waals surface area contributed by atoms with Crippen LogP contribution < -0.4 is 5.06 Å². The molecule has 0 bridgehead atoms. The van der Waals surface area contributed by atoms with Crippen molar-refractivity contribution >= 4 is 11.6 Å². The molecule has 0 unspecified atom stereocenters. The lowest BCUT2D eigenvalue weighted by Crippen LogP contribution is -2.22. The van der Waals surface area contributed by atoms with E-state index in [-0.39, 0.29) is 12.5 Å². The number of anilines is 1. The van der Waals surface area contributed by atoms with Crippen LogP contribution in [0.25, 0.3) is 0 Å². The SMILES string of the molecule is O=C1CCON1c1cccc(CO)c1. The zero-order valence-electron chi connectivity index (χ0n) is 7.64. The Morgan fingerprint density at radius 2 is 2.36 bits per heavy atom. The van der Waals surface area contributed by atoms with Gasteiger partial charge in [0.2, 0.25) is 0 Å². The van der Waals surface area contributed by atoms with Crippen LogP contribution in [0.2, 0.25) is 0 Å². The largest absolute Gasteiger partial charge is 0.392 e. The monoisotopic (exact) mass is 193 g/mol. The number of amides is 1. The molecule has 2 rings (SSSR count). The van der Waals surface area contributed by atoms with Gasteiger partial charge in [-0.1, -0.05) is 12.1 Å². The minimum atomic E-state index is -0.0416. The summed E-state index contributed by atoms with van der Waals surface area (Å²) < 4.78 is 0. The van der Waals surface area contributed by atoms with Gasteiger partial charge in [0.25, 0.3) is 5.91 Å². The van der Waals surface area contributed by atoms with Crippen LogP contribution in [0.5, 0.6) is 0 Å². The lowest BCUT2D eigenvalue weighted by molar-refractivity contribution is -0.119. The molecule has 0 aliphatic carbocycles. The van der Waals surface area contributed by atoms with Crippen molar-refractivity contribution in [3.8, 4) is 0 Å².